The molecule has 7 heteroatoms. The van der Waals surface area contributed by atoms with Gasteiger partial charge in [-0.1, -0.05) is 55.3 Å². The molecular weight excluding hydrogens is 414 g/mol. The standard InChI is InChI=1S/C23H23N3O2S2/c1-25-17-12-6-8-14-19(17)29-22(25)20-21(28)26(15-9-3-2-4-10-15)23(30-20)24-16-11-5-7-13-18(16)27/h5-8,11-15,27H,2-4,9-10H2,1H3/b22-20-,24-23?. The molecule has 5 rings (SSSR count). The summed E-state index contributed by atoms with van der Waals surface area (Å²) in [6.07, 6.45) is 5.49. The number of fused-ring (bicyclic) bond motifs is 1. The van der Waals surface area contributed by atoms with Crippen LogP contribution in [0.5, 0.6) is 5.75 Å². The molecule has 0 radical (unpaired) electrons. The molecule has 3 aliphatic rings. The predicted molar refractivity (Wildman–Crippen MR) is 124 cm³/mol. The van der Waals surface area contributed by atoms with Crippen molar-refractivity contribution in [1.29, 1.82) is 0 Å². The van der Waals surface area contributed by atoms with E-state index in [1.165, 1.54) is 18.2 Å². The summed E-state index contributed by atoms with van der Waals surface area (Å²) in [4.78, 5) is 24.2. The molecule has 1 N–H and O–H groups in total. The van der Waals surface area contributed by atoms with E-state index in [2.05, 4.69) is 17.0 Å². The maximum atomic E-state index is 13.6. The molecule has 1 amide bonds. The van der Waals surface area contributed by atoms with Crippen LogP contribution in [0.1, 0.15) is 32.1 Å². The quantitative estimate of drug-likeness (QED) is 0.611. The predicted octanol–water partition coefficient (Wildman–Crippen LogP) is 5.70. The Morgan fingerprint density at radius 1 is 1.00 bits per heavy atom. The maximum absolute atomic E-state index is 13.6. The van der Waals surface area contributed by atoms with Gasteiger partial charge in [0.05, 0.1) is 10.7 Å². The van der Waals surface area contributed by atoms with Gasteiger partial charge in [-0.25, -0.2) is 4.99 Å². The summed E-state index contributed by atoms with van der Waals surface area (Å²) in [6.45, 7) is 0. The number of hydrogen-bond acceptors (Lipinski definition) is 6. The van der Waals surface area contributed by atoms with Gasteiger partial charge in [0, 0.05) is 18.0 Å². The molecule has 5 nitrogen and oxygen atoms in total. The number of rotatable bonds is 2. The van der Waals surface area contributed by atoms with Crippen LogP contribution in [0.3, 0.4) is 0 Å². The molecule has 2 heterocycles. The van der Waals surface area contributed by atoms with Crippen LogP contribution in [-0.4, -0.2) is 34.2 Å². The third kappa shape index (κ3) is 3.40. The van der Waals surface area contributed by atoms with Crippen molar-refractivity contribution in [2.75, 3.05) is 11.9 Å². The zero-order valence-corrected chi connectivity index (χ0v) is 18.4. The molecule has 154 valence electrons. The smallest absolute Gasteiger partial charge is 0.269 e. The number of hydrogen-bond donors (Lipinski definition) is 1. The van der Waals surface area contributed by atoms with Gasteiger partial charge in [0.2, 0.25) is 0 Å². The molecule has 0 spiro atoms. The Balaban J connectivity index is 1.57. The number of thioether (sulfide) groups is 2. The molecule has 2 aromatic carbocycles. The van der Waals surface area contributed by atoms with Gasteiger partial charge >= 0.3 is 0 Å². The number of para-hydroxylation sites is 3. The summed E-state index contributed by atoms with van der Waals surface area (Å²) < 4.78 is 0. The van der Waals surface area contributed by atoms with E-state index in [4.69, 9.17) is 4.99 Å². The van der Waals surface area contributed by atoms with Gasteiger partial charge in [-0.3, -0.25) is 9.69 Å². The van der Waals surface area contributed by atoms with Crippen molar-refractivity contribution < 1.29 is 9.90 Å². The molecule has 0 aromatic heterocycles. The van der Waals surface area contributed by atoms with Crippen LogP contribution in [0, 0.1) is 0 Å². The van der Waals surface area contributed by atoms with Crippen LogP contribution in [0.25, 0.3) is 0 Å². The normalized spacial score (nSPS) is 23.5. The first-order chi connectivity index (χ1) is 14.6. The first-order valence-corrected chi connectivity index (χ1v) is 11.9. The van der Waals surface area contributed by atoms with E-state index in [0.717, 1.165) is 46.2 Å². The molecule has 2 fully saturated rings. The molecular formula is C23H23N3O2S2. The highest BCUT2D eigenvalue weighted by Crippen LogP contribution is 2.50. The average Bonchev–Trinajstić information content (AvgIpc) is 3.27. The molecule has 0 unspecified atom stereocenters. The second-order valence-corrected chi connectivity index (χ2v) is 9.72. The topological polar surface area (TPSA) is 56.1 Å². The number of phenols is 1. The number of phenolic OH excluding ortho intramolecular Hbond substituents is 1. The van der Waals surface area contributed by atoms with E-state index in [1.807, 2.05) is 30.1 Å². The summed E-state index contributed by atoms with van der Waals surface area (Å²) in [5.41, 5.74) is 1.62. The molecule has 1 saturated carbocycles. The second-order valence-electron chi connectivity index (χ2n) is 7.72. The largest absolute Gasteiger partial charge is 0.506 e. The Morgan fingerprint density at radius 3 is 2.50 bits per heavy atom. The molecule has 1 aliphatic carbocycles. The number of nitrogens with zero attached hydrogens (tertiary/aromatic N) is 3. The van der Waals surface area contributed by atoms with E-state index in [0.29, 0.717) is 10.9 Å². The molecule has 0 atom stereocenters. The van der Waals surface area contributed by atoms with Gasteiger partial charge in [0.1, 0.15) is 16.3 Å². The van der Waals surface area contributed by atoms with Crippen molar-refractivity contribution in [3.8, 4) is 5.75 Å². The lowest BCUT2D eigenvalue weighted by atomic mass is 9.94. The van der Waals surface area contributed by atoms with Gasteiger partial charge < -0.3 is 10.0 Å². The highest BCUT2D eigenvalue weighted by atomic mass is 32.2. The summed E-state index contributed by atoms with van der Waals surface area (Å²) >= 11 is 3.07. The van der Waals surface area contributed by atoms with Crippen LogP contribution in [0.4, 0.5) is 11.4 Å². The number of carbonyl (C=O) groups is 1. The maximum Gasteiger partial charge on any atom is 0.269 e. The number of carbonyl (C=O) groups excluding carboxylic acids is 1. The van der Waals surface area contributed by atoms with Gasteiger partial charge in [0.15, 0.2) is 5.17 Å². The molecule has 0 bridgehead atoms. The zero-order valence-electron chi connectivity index (χ0n) is 16.7. The summed E-state index contributed by atoms with van der Waals surface area (Å²) in [7, 11) is 2.01. The van der Waals surface area contributed by atoms with Crippen molar-refractivity contribution in [2.24, 2.45) is 4.99 Å². The fraction of sp³-hybridized carbons (Fsp3) is 0.304. The summed E-state index contributed by atoms with van der Waals surface area (Å²) in [6, 6.07) is 15.4. The third-order valence-electron chi connectivity index (χ3n) is 5.78. The molecule has 1 saturated heterocycles. The van der Waals surface area contributed by atoms with Crippen molar-refractivity contribution in [2.45, 2.75) is 43.0 Å². The lowest BCUT2D eigenvalue weighted by Gasteiger charge is -2.30. The zero-order chi connectivity index (χ0) is 20.7. The van der Waals surface area contributed by atoms with Crippen LogP contribution in [0.15, 0.2) is 68.4 Å². The number of benzene rings is 2. The van der Waals surface area contributed by atoms with Crippen molar-refractivity contribution in [3.63, 3.8) is 0 Å². The number of aromatic hydroxyl groups is 1. The minimum absolute atomic E-state index is 0.0308. The minimum atomic E-state index is 0.0308. The Labute approximate surface area is 184 Å². The van der Waals surface area contributed by atoms with Gasteiger partial charge in [-0.05, 0) is 48.9 Å². The Kier molecular flexibility index (Phi) is 5.25. The van der Waals surface area contributed by atoms with Crippen LogP contribution >= 0.6 is 23.5 Å². The third-order valence-corrected chi connectivity index (χ3v) is 8.19. The van der Waals surface area contributed by atoms with Crippen LogP contribution < -0.4 is 4.90 Å². The summed E-state index contributed by atoms with van der Waals surface area (Å²) in [5.74, 6) is 0.158. The Hall–Kier alpha value is -2.38. The minimum Gasteiger partial charge on any atom is -0.506 e. The van der Waals surface area contributed by atoms with Crippen molar-refractivity contribution >= 4 is 46.0 Å². The lowest BCUT2D eigenvalue weighted by molar-refractivity contribution is -0.124. The van der Waals surface area contributed by atoms with Crippen molar-refractivity contribution in [3.05, 3.63) is 58.5 Å². The Morgan fingerprint density at radius 2 is 1.73 bits per heavy atom. The van der Waals surface area contributed by atoms with Gasteiger partial charge in [-0.2, -0.15) is 0 Å². The van der Waals surface area contributed by atoms with Crippen LogP contribution in [-0.2, 0) is 4.79 Å². The number of anilines is 1. The first kappa shape index (κ1) is 19.6. The van der Waals surface area contributed by atoms with E-state index < -0.39 is 0 Å². The fourth-order valence-corrected chi connectivity index (χ4v) is 6.61. The SMILES string of the molecule is CN1/C(=C2/SC(=Nc3ccccc3O)N(C3CCCCC3)C2=O)Sc2ccccc21. The highest BCUT2D eigenvalue weighted by molar-refractivity contribution is 8.19. The average molecular weight is 438 g/mol. The van der Waals surface area contributed by atoms with E-state index in [-0.39, 0.29) is 17.7 Å². The fourth-order valence-electron chi connectivity index (χ4n) is 4.22. The Bertz CT molecular complexity index is 1060. The number of amidine groups is 1. The monoisotopic (exact) mass is 437 g/mol. The van der Waals surface area contributed by atoms with E-state index in [1.54, 1.807) is 30.0 Å². The lowest BCUT2D eigenvalue weighted by Crippen LogP contribution is -2.40. The molecule has 2 aromatic rings. The number of aliphatic imine (C=N–C) groups is 1. The second kappa shape index (κ2) is 8.04. The van der Waals surface area contributed by atoms with Crippen LogP contribution in [0.2, 0.25) is 0 Å². The summed E-state index contributed by atoms with van der Waals surface area (Å²) in [5, 5.41) is 11.8. The van der Waals surface area contributed by atoms with E-state index >= 15 is 0 Å². The van der Waals surface area contributed by atoms with Gasteiger partial charge in [0.25, 0.3) is 5.91 Å². The number of amides is 1. The van der Waals surface area contributed by atoms with Gasteiger partial charge in [-0.15, -0.1) is 0 Å². The highest BCUT2D eigenvalue weighted by Gasteiger charge is 2.42. The first-order valence-electron chi connectivity index (χ1n) is 10.3. The molecule has 30 heavy (non-hydrogen) atoms. The molecule has 2 aliphatic heterocycles. The van der Waals surface area contributed by atoms with Crippen molar-refractivity contribution in [1.82, 2.24) is 4.90 Å². The van der Waals surface area contributed by atoms with E-state index in [9.17, 15) is 9.90 Å².